The molecule has 8 heteroatoms. The highest BCUT2D eigenvalue weighted by Crippen LogP contribution is 2.28. The van der Waals surface area contributed by atoms with Crippen LogP contribution in [-0.4, -0.2) is 30.7 Å². The second-order valence-corrected chi connectivity index (χ2v) is 6.83. The minimum atomic E-state index is -0.396. The zero-order chi connectivity index (χ0) is 19.1. The van der Waals surface area contributed by atoms with Crippen molar-refractivity contribution in [3.05, 3.63) is 80.4 Å². The van der Waals surface area contributed by atoms with Gasteiger partial charge in [0.1, 0.15) is 0 Å². The Bertz CT molecular complexity index is 1220. The Balaban J connectivity index is 1.92. The number of carbonyl (C=O) groups excluding carboxylic acids is 1. The number of nitrogens with zero attached hydrogens (tertiary/aromatic N) is 4. The maximum atomic E-state index is 13.2. The van der Waals surface area contributed by atoms with E-state index in [1.54, 1.807) is 28.8 Å². The summed E-state index contributed by atoms with van der Waals surface area (Å²) >= 11 is 5.94. The fourth-order valence-electron chi connectivity index (χ4n) is 3.25. The summed E-state index contributed by atoms with van der Waals surface area (Å²) in [6, 6.07) is 12.7. The van der Waals surface area contributed by atoms with Crippen LogP contribution in [0.25, 0.3) is 10.9 Å². The van der Waals surface area contributed by atoms with Crippen molar-refractivity contribution in [3.8, 4) is 0 Å². The van der Waals surface area contributed by atoms with Crippen LogP contribution in [0.4, 0.5) is 0 Å². The molecule has 0 fully saturated rings. The molecule has 1 N–H and O–H groups in total. The van der Waals surface area contributed by atoms with Crippen molar-refractivity contribution < 1.29 is 4.79 Å². The van der Waals surface area contributed by atoms with E-state index in [9.17, 15) is 9.59 Å². The van der Waals surface area contributed by atoms with Gasteiger partial charge >= 0.3 is 5.69 Å². The van der Waals surface area contributed by atoms with Gasteiger partial charge in [-0.25, -0.2) is 9.89 Å². The Morgan fingerprint density at radius 2 is 1.89 bits per heavy atom. The molecular weight excluding hydrogens is 366 g/mol. The minimum Gasteiger partial charge on any atom is -0.280 e. The molecule has 27 heavy (non-hydrogen) atoms. The molecule has 4 aromatic rings. The topological polar surface area (TPSA) is 85.6 Å². The number of halogens is 1. The van der Waals surface area contributed by atoms with E-state index in [1.165, 1.54) is 4.68 Å². The van der Waals surface area contributed by atoms with Crippen molar-refractivity contribution in [2.24, 2.45) is 0 Å². The first-order valence-corrected chi connectivity index (χ1v) is 8.72. The number of fused-ring (bicyclic) bond motifs is 1. The number of rotatable bonds is 3. The lowest BCUT2D eigenvalue weighted by Crippen LogP contribution is -2.19. The summed E-state index contributed by atoms with van der Waals surface area (Å²) in [4.78, 5) is 25.0. The molecule has 2 aromatic carbocycles. The zero-order valence-electron chi connectivity index (χ0n) is 14.7. The Labute approximate surface area is 159 Å². The molecule has 2 heterocycles. The first-order valence-electron chi connectivity index (χ1n) is 8.34. The highest BCUT2D eigenvalue weighted by atomic mass is 35.5. The minimum absolute atomic E-state index is 0.156. The fourth-order valence-corrected chi connectivity index (χ4v) is 3.38. The molecule has 0 radical (unpaired) electrons. The number of tetrazole rings is 1. The van der Waals surface area contributed by atoms with E-state index in [0.717, 1.165) is 27.7 Å². The lowest BCUT2D eigenvalue weighted by Gasteiger charge is -2.08. The van der Waals surface area contributed by atoms with Crippen molar-refractivity contribution in [3.63, 3.8) is 0 Å². The number of H-pyrrole nitrogens is 1. The average Bonchev–Trinajstić information content (AvgIpc) is 3.17. The van der Waals surface area contributed by atoms with Crippen LogP contribution >= 0.6 is 11.6 Å². The van der Waals surface area contributed by atoms with Gasteiger partial charge in [-0.2, -0.15) is 4.68 Å². The molecule has 136 valence electrons. The zero-order valence-corrected chi connectivity index (χ0v) is 15.5. The molecule has 4 rings (SSSR count). The number of aromatic amines is 1. The average molecular weight is 382 g/mol. The molecule has 7 nitrogen and oxygen atoms in total. The Hall–Kier alpha value is -3.19. The SMILES string of the molecule is Cc1ccc2c(c1)c(Cn1nn[nH]c1=O)c(C)n2C(=O)c1ccc(Cl)cc1. The first kappa shape index (κ1) is 17.2. The summed E-state index contributed by atoms with van der Waals surface area (Å²) in [7, 11) is 0. The van der Waals surface area contributed by atoms with Crippen LogP contribution in [0.5, 0.6) is 0 Å². The number of benzene rings is 2. The van der Waals surface area contributed by atoms with Crippen LogP contribution in [0.15, 0.2) is 47.3 Å². The van der Waals surface area contributed by atoms with Crippen molar-refractivity contribution in [1.29, 1.82) is 0 Å². The van der Waals surface area contributed by atoms with Gasteiger partial charge in [0.05, 0.1) is 12.1 Å². The van der Waals surface area contributed by atoms with Gasteiger partial charge in [-0.05, 0) is 60.7 Å². The molecule has 0 saturated heterocycles. The van der Waals surface area contributed by atoms with Crippen LogP contribution in [-0.2, 0) is 6.54 Å². The number of aryl methyl sites for hydroxylation is 1. The van der Waals surface area contributed by atoms with Crippen LogP contribution in [0.1, 0.15) is 27.2 Å². The van der Waals surface area contributed by atoms with E-state index in [2.05, 4.69) is 15.5 Å². The molecule has 2 aromatic heterocycles. The molecule has 0 amide bonds. The summed E-state index contributed by atoms with van der Waals surface area (Å²) in [5.74, 6) is -0.156. The summed E-state index contributed by atoms with van der Waals surface area (Å²) in [6.45, 7) is 4.07. The van der Waals surface area contributed by atoms with Gasteiger partial charge in [-0.3, -0.25) is 9.36 Å². The Kier molecular flexibility index (Phi) is 4.16. The highest BCUT2D eigenvalue weighted by Gasteiger charge is 2.21. The lowest BCUT2D eigenvalue weighted by molar-refractivity contribution is 0.0963. The van der Waals surface area contributed by atoms with Crippen LogP contribution in [0, 0.1) is 13.8 Å². The second kappa shape index (κ2) is 6.51. The van der Waals surface area contributed by atoms with Gasteiger partial charge in [-0.1, -0.05) is 23.2 Å². The number of hydrogen-bond acceptors (Lipinski definition) is 4. The van der Waals surface area contributed by atoms with E-state index in [4.69, 9.17) is 11.6 Å². The van der Waals surface area contributed by atoms with Crippen LogP contribution < -0.4 is 5.69 Å². The van der Waals surface area contributed by atoms with Gasteiger partial charge in [0.2, 0.25) is 0 Å². The Morgan fingerprint density at radius 3 is 2.56 bits per heavy atom. The predicted octanol–water partition coefficient (Wildman–Crippen LogP) is 2.93. The number of hydrogen-bond donors (Lipinski definition) is 1. The molecule has 0 aliphatic heterocycles. The third-order valence-corrected chi connectivity index (χ3v) is 4.88. The Morgan fingerprint density at radius 1 is 1.15 bits per heavy atom. The summed E-state index contributed by atoms with van der Waals surface area (Å²) in [5, 5.41) is 11.1. The molecule has 0 spiro atoms. The number of nitrogens with one attached hydrogen (secondary N) is 1. The third-order valence-electron chi connectivity index (χ3n) is 4.63. The third kappa shape index (κ3) is 2.96. The normalized spacial score (nSPS) is 11.2. The summed E-state index contributed by atoms with van der Waals surface area (Å²) in [6.07, 6.45) is 0. The molecule has 0 unspecified atom stereocenters. The van der Waals surface area contributed by atoms with Crippen molar-refractivity contribution in [2.45, 2.75) is 20.4 Å². The summed E-state index contributed by atoms with van der Waals surface area (Å²) in [5.41, 5.74) is 3.59. The largest absolute Gasteiger partial charge is 0.361 e. The van der Waals surface area contributed by atoms with Gasteiger partial charge in [-0.15, -0.1) is 0 Å². The molecule has 0 saturated carbocycles. The fraction of sp³-hybridized carbons (Fsp3) is 0.158. The van der Waals surface area contributed by atoms with E-state index < -0.39 is 5.69 Å². The maximum absolute atomic E-state index is 13.2. The van der Waals surface area contributed by atoms with Gasteiger partial charge in [0.25, 0.3) is 5.91 Å². The maximum Gasteiger partial charge on any atom is 0.361 e. The van der Waals surface area contributed by atoms with E-state index >= 15 is 0 Å². The number of carbonyl (C=O) groups is 1. The van der Waals surface area contributed by atoms with Crippen LogP contribution in [0.3, 0.4) is 0 Å². The smallest absolute Gasteiger partial charge is 0.280 e. The molecule has 0 bridgehead atoms. The quantitative estimate of drug-likeness (QED) is 0.591. The van der Waals surface area contributed by atoms with Crippen LogP contribution in [0.2, 0.25) is 5.02 Å². The van der Waals surface area contributed by atoms with Gasteiger partial charge in [0, 0.05) is 27.2 Å². The summed E-state index contributed by atoms with van der Waals surface area (Å²) < 4.78 is 2.90. The predicted molar refractivity (Wildman–Crippen MR) is 102 cm³/mol. The number of aromatic nitrogens is 5. The first-order chi connectivity index (χ1) is 13.0. The van der Waals surface area contributed by atoms with Crippen molar-refractivity contribution in [1.82, 2.24) is 24.8 Å². The van der Waals surface area contributed by atoms with Gasteiger partial charge < -0.3 is 0 Å². The standard InChI is InChI=1S/C19H16ClN5O2/c1-11-3-8-17-15(9-11)16(10-24-19(27)21-22-23-24)12(2)25(17)18(26)13-4-6-14(20)7-5-13/h3-9H,10H2,1-2H3,(H,21,23,27). The molecule has 0 aliphatic rings. The van der Waals surface area contributed by atoms with Crippen molar-refractivity contribution in [2.75, 3.05) is 0 Å². The highest BCUT2D eigenvalue weighted by molar-refractivity contribution is 6.30. The van der Waals surface area contributed by atoms with E-state index in [-0.39, 0.29) is 12.5 Å². The molecule has 0 aliphatic carbocycles. The monoisotopic (exact) mass is 381 g/mol. The molecule has 0 atom stereocenters. The van der Waals surface area contributed by atoms with Crippen molar-refractivity contribution >= 4 is 28.4 Å². The second-order valence-electron chi connectivity index (χ2n) is 6.40. The van der Waals surface area contributed by atoms with Gasteiger partial charge in [0.15, 0.2) is 0 Å². The molecular formula is C19H16ClN5O2. The van der Waals surface area contributed by atoms with E-state index in [1.807, 2.05) is 32.0 Å². The lowest BCUT2D eigenvalue weighted by atomic mass is 10.1. The van der Waals surface area contributed by atoms with E-state index in [0.29, 0.717) is 10.6 Å².